The summed E-state index contributed by atoms with van der Waals surface area (Å²) in [5, 5.41) is 12.2. The van der Waals surface area contributed by atoms with Crippen molar-refractivity contribution < 1.29 is 14.4 Å². The number of rotatable bonds is 4. The largest absolute Gasteiger partial charge is 0.481 e. The van der Waals surface area contributed by atoms with Crippen molar-refractivity contribution >= 4 is 17.7 Å². The van der Waals surface area contributed by atoms with Crippen LogP contribution in [0.15, 0.2) is 4.52 Å². The van der Waals surface area contributed by atoms with Crippen LogP contribution >= 0.6 is 11.8 Å². The number of carboxylic acids is 1. The van der Waals surface area contributed by atoms with Crippen molar-refractivity contribution in [1.82, 2.24) is 10.1 Å². The second-order valence-electron chi connectivity index (χ2n) is 3.61. The molecule has 15 heavy (non-hydrogen) atoms. The van der Waals surface area contributed by atoms with Crippen molar-refractivity contribution in [3.05, 3.63) is 11.7 Å². The summed E-state index contributed by atoms with van der Waals surface area (Å²) in [5.41, 5.74) is 0. The summed E-state index contributed by atoms with van der Waals surface area (Å²) in [6.07, 6.45) is 1.80. The third kappa shape index (κ3) is 2.95. The molecule has 0 aromatic carbocycles. The highest BCUT2D eigenvalue weighted by molar-refractivity contribution is 7.99. The van der Waals surface area contributed by atoms with Crippen LogP contribution in [0, 0.1) is 5.92 Å². The van der Waals surface area contributed by atoms with Crippen molar-refractivity contribution in [2.24, 2.45) is 5.92 Å². The average molecular weight is 228 g/mol. The van der Waals surface area contributed by atoms with Crippen LogP contribution in [-0.4, -0.2) is 32.7 Å². The molecule has 1 aliphatic heterocycles. The van der Waals surface area contributed by atoms with Crippen molar-refractivity contribution in [3.63, 3.8) is 0 Å². The van der Waals surface area contributed by atoms with Gasteiger partial charge in [0.05, 0.1) is 0 Å². The Morgan fingerprint density at radius 1 is 1.67 bits per heavy atom. The summed E-state index contributed by atoms with van der Waals surface area (Å²) in [5.74, 6) is 2.84. The third-order valence-electron chi connectivity index (χ3n) is 2.31. The molecule has 1 N–H and O–H groups in total. The molecule has 1 aromatic rings. The molecule has 5 nitrogen and oxygen atoms in total. The fourth-order valence-electron chi connectivity index (χ4n) is 1.57. The van der Waals surface area contributed by atoms with E-state index in [1.54, 1.807) is 0 Å². The first-order valence-corrected chi connectivity index (χ1v) is 6.00. The lowest BCUT2D eigenvalue weighted by Crippen LogP contribution is -2.04. The smallest absolute Gasteiger partial charge is 0.311 e. The Morgan fingerprint density at radius 2 is 2.53 bits per heavy atom. The molecule has 1 unspecified atom stereocenters. The minimum absolute atomic E-state index is 0.164. The first kappa shape index (κ1) is 10.5. The van der Waals surface area contributed by atoms with Gasteiger partial charge in [-0.05, 0) is 23.8 Å². The van der Waals surface area contributed by atoms with Crippen LogP contribution in [0.25, 0.3) is 0 Å². The van der Waals surface area contributed by atoms with Gasteiger partial charge in [-0.3, -0.25) is 4.79 Å². The summed E-state index contributed by atoms with van der Waals surface area (Å²) in [7, 11) is 0. The maximum Gasteiger partial charge on any atom is 0.311 e. The number of nitrogens with zero attached hydrogens (tertiary/aromatic N) is 2. The summed E-state index contributed by atoms with van der Waals surface area (Å²) in [6.45, 7) is 0. The molecule has 82 valence electrons. The molecule has 1 atom stereocenters. The zero-order chi connectivity index (χ0) is 10.7. The van der Waals surface area contributed by atoms with Gasteiger partial charge in [0.2, 0.25) is 5.89 Å². The number of hydrogen-bond acceptors (Lipinski definition) is 5. The second kappa shape index (κ2) is 4.65. The number of aliphatic carboxylic acids is 1. The van der Waals surface area contributed by atoms with Gasteiger partial charge in [0.25, 0.3) is 0 Å². The van der Waals surface area contributed by atoms with Crippen molar-refractivity contribution in [3.8, 4) is 0 Å². The maximum absolute atomic E-state index is 10.4. The minimum Gasteiger partial charge on any atom is -0.481 e. The SMILES string of the molecule is O=C(O)Cc1noc(CC2CCSC2)n1. The van der Waals surface area contributed by atoms with Crippen LogP contribution in [0.5, 0.6) is 0 Å². The lowest BCUT2D eigenvalue weighted by molar-refractivity contribution is -0.136. The Hall–Kier alpha value is -1.04. The summed E-state index contributed by atoms with van der Waals surface area (Å²) in [6, 6.07) is 0. The highest BCUT2D eigenvalue weighted by atomic mass is 32.2. The van der Waals surface area contributed by atoms with Crippen LogP contribution in [0.3, 0.4) is 0 Å². The van der Waals surface area contributed by atoms with E-state index in [4.69, 9.17) is 9.63 Å². The molecule has 2 heterocycles. The highest BCUT2D eigenvalue weighted by Crippen LogP contribution is 2.25. The lowest BCUT2D eigenvalue weighted by atomic mass is 10.1. The third-order valence-corrected chi connectivity index (χ3v) is 3.54. The van der Waals surface area contributed by atoms with Crippen molar-refractivity contribution in [2.45, 2.75) is 19.3 Å². The van der Waals surface area contributed by atoms with Gasteiger partial charge in [0.1, 0.15) is 6.42 Å². The normalized spacial score (nSPS) is 20.7. The first-order valence-electron chi connectivity index (χ1n) is 4.85. The zero-order valence-electron chi connectivity index (χ0n) is 8.18. The van der Waals surface area contributed by atoms with E-state index < -0.39 is 5.97 Å². The van der Waals surface area contributed by atoms with Gasteiger partial charge in [-0.1, -0.05) is 5.16 Å². The average Bonchev–Trinajstić information content (AvgIpc) is 2.77. The molecular weight excluding hydrogens is 216 g/mol. The zero-order valence-corrected chi connectivity index (χ0v) is 9.00. The van der Waals surface area contributed by atoms with Crippen LogP contribution in [-0.2, 0) is 17.6 Å². The van der Waals surface area contributed by atoms with E-state index in [1.807, 2.05) is 11.8 Å². The van der Waals surface area contributed by atoms with Gasteiger partial charge in [0, 0.05) is 6.42 Å². The lowest BCUT2D eigenvalue weighted by Gasteiger charge is -2.01. The molecule has 0 spiro atoms. The molecule has 1 aromatic heterocycles. The van der Waals surface area contributed by atoms with Crippen molar-refractivity contribution in [1.29, 1.82) is 0 Å². The maximum atomic E-state index is 10.4. The summed E-state index contributed by atoms with van der Waals surface area (Å²) in [4.78, 5) is 14.4. The summed E-state index contributed by atoms with van der Waals surface area (Å²) < 4.78 is 4.99. The van der Waals surface area contributed by atoms with Gasteiger partial charge in [-0.15, -0.1) is 0 Å². The fourth-order valence-corrected chi connectivity index (χ4v) is 2.86. The Bertz CT molecular complexity index is 347. The van der Waals surface area contributed by atoms with E-state index in [9.17, 15) is 4.79 Å². The molecule has 1 aliphatic rings. The molecule has 6 heteroatoms. The molecule has 0 bridgehead atoms. The Labute approximate surface area is 91.2 Å². The summed E-state index contributed by atoms with van der Waals surface area (Å²) >= 11 is 1.93. The standard InChI is InChI=1S/C9H12N2O3S/c12-9(13)4-7-10-8(14-11-7)3-6-1-2-15-5-6/h6H,1-5H2,(H,12,13). The number of aromatic nitrogens is 2. The van der Waals surface area contributed by atoms with Crippen molar-refractivity contribution in [2.75, 3.05) is 11.5 Å². The molecule has 1 saturated heterocycles. The predicted molar refractivity (Wildman–Crippen MR) is 54.8 cm³/mol. The van der Waals surface area contributed by atoms with Gasteiger partial charge in [-0.2, -0.15) is 16.7 Å². The number of carboxylic acid groups (broad SMARTS) is 1. The van der Waals surface area contributed by atoms with E-state index in [0.717, 1.165) is 12.2 Å². The predicted octanol–water partition coefficient (Wildman–Crippen LogP) is 0.992. The Morgan fingerprint density at radius 3 is 3.20 bits per heavy atom. The number of hydrogen-bond donors (Lipinski definition) is 1. The fraction of sp³-hybridized carbons (Fsp3) is 0.667. The monoisotopic (exact) mass is 228 g/mol. The molecular formula is C9H12N2O3S. The minimum atomic E-state index is -0.932. The van der Waals surface area contributed by atoms with E-state index >= 15 is 0 Å². The number of thioether (sulfide) groups is 1. The molecule has 0 radical (unpaired) electrons. The highest BCUT2D eigenvalue weighted by Gasteiger charge is 2.19. The Balaban J connectivity index is 1.91. The molecule has 0 aliphatic carbocycles. The van der Waals surface area contributed by atoms with Gasteiger partial charge < -0.3 is 9.63 Å². The molecule has 2 rings (SSSR count). The van der Waals surface area contributed by atoms with E-state index in [0.29, 0.717) is 11.8 Å². The first-order chi connectivity index (χ1) is 7.24. The van der Waals surface area contributed by atoms with Crippen LogP contribution in [0.2, 0.25) is 0 Å². The van der Waals surface area contributed by atoms with Crippen LogP contribution in [0.1, 0.15) is 18.1 Å². The topological polar surface area (TPSA) is 76.2 Å². The van der Waals surface area contributed by atoms with E-state index in [-0.39, 0.29) is 12.2 Å². The van der Waals surface area contributed by atoms with E-state index in [1.165, 1.54) is 12.2 Å². The van der Waals surface area contributed by atoms with E-state index in [2.05, 4.69) is 10.1 Å². The Kier molecular flexibility index (Phi) is 3.25. The quantitative estimate of drug-likeness (QED) is 0.828. The molecule has 0 saturated carbocycles. The molecule has 0 amide bonds. The van der Waals surface area contributed by atoms with Crippen LogP contribution in [0.4, 0.5) is 0 Å². The number of carbonyl (C=O) groups is 1. The second-order valence-corrected chi connectivity index (χ2v) is 4.76. The van der Waals surface area contributed by atoms with Crippen LogP contribution < -0.4 is 0 Å². The van der Waals surface area contributed by atoms with Gasteiger partial charge >= 0.3 is 5.97 Å². The van der Waals surface area contributed by atoms with Gasteiger partial charge in [0.15, 0.2) is 5.82 Å². The molecule has 1 fully saturated rings. The van der Waals surface area contributed by atoms with Gasteiger partial charge in [-0.25, -0.2) is 0 Å².